The van der Waals surface area contributed by atoms with Crippen molar-refractivity contribution in [3.8, 4) is 17.4 Å². The smallest absolute Gasteiger partial charge is 0.411 e. The van der Waals surface area contributed by atoms with Crippen molar-refractivity contribution in [2.45, 2.75) is 13.0 Å². The van der Waals surface area contributed by atoms with Crippen LogP contribution in [0.3, 0.4) is 0 Å². The number of nitrogens with one attached hydrogen (secondary N) is 2. The molecule has 0 aliphatic heterocycles. The zero-order valence-electron chi connectivity index (χ0n) is 20.9. The number of rotatable bonds is 10. The van der Waals surface area contributed by atoms with Crippen LogP contribution >= 0.6 is 0 Å². The second-order valence-corrected chi connectivity index (χ2v) is 8.26. The quantitative estimate of drug-likeness (QED) is 0.246. The molecule has 0 fully saturated rings. The Hall–Kier alpha value is -5.38. The number of anilines is 2. The summed E-state index contributed by atoms with van der Waals surface area (Å²) in [5.41, 5.74) is 2.37. The van der Waals surface area contributed by atoms with Crippen molar-refractivity contribution in [2.24, 2.45) is 0 Å². The highest BCUT2D eigenvalue weighted by Gasteiger charge is 2.12. The predicted octanol–water partition coefficient (Wildman–Crippen LogP) is 5.51. The van der Waals surface area contributed by atoms with Gasteiger partial charge in [-0.25, -0.2) is 14.6 Å². The Kier molecular flexibility index (Phi) is 8.71. The minimum atomic E-state index is -1.12. The molecule has 0 spiro atoms. The second-order valence-electron chi connectivity index (χ2n) is 8.26. The number of aromatic carboxylic acids is 1. The number of hydrogen-bond donors (Lipinski definition) is 3. The monoisotopic (exact) mass is 527 g/mol. The number of methoxy groups -OCH3 is 1. The summed E-state index contributed by atoms with van der Waals surface area (Å²) >= 11 is 0. The van der Waals surface area contributed by atoms with E-state index >= 15 is 0 Å². The minimum absolute atomic E-state index is 0.0197. The van der Waals surface area contributed by atoms with E-state index in [4.69, 9.17) is 9.47 Å². The molecule has 0 bridgehead atoms. The van der Waals surface area contributed by atoms with Crippen molar-refractivity contribution in [3.63, 3.8) is 0 Å². The van der Waals surface area contributed by atoms with E-state index in [1.165, 1.54) is 25.4 Å². The lowest BCUT2D eigenvalue weighted by molar-refractivity contribution is -0.115. The number of carboxylic acid groups (broad SMARTS) is 1. The fraction of sp³-hybridized carbons (Fsp3) is 0.103. The number of carbonyl (C=O) groups excluding carboxylic acids is 2. The Bertz CT molecular complexity index is 1450. The number of para-hydroxylation sites is 1. The van der Waals surface area contributed by atoms with Crippen LogP contribution in [0, 0.1) is 0 Å². The van der Waals surface area contributed by atoms with Gasteiger partial charge in [-0.3, -0.25) is 10.1 Å². The molecule has 0 saturated carbocycles. The van der Waals surface area contributed by atoms with Gasteiger partial charge >= 0.3 is 12.1 Å². The van der Waals surface area contributed by atoms with Gasteiger partial charge in [-0.15, -0.1) is 0 Å². The highest BCUT2D eigenvalue weighted by atomic mass is 16.5. The first-order valence-electron chi connectivity index (χ1n) is 11.8. The van der Waals surface area contributed by atoms with E-state index in [0.29, 0.717) is 35.2 Å². The van der Waals surface area contributed by atoms with Gasteiger partial charge in [0.15, 0.2) is 0 Å². The number of ether oxygens (including phenoxy) is 3. The van der Waals surface area contributed by atoms with Gasteiger partial charge < -0.3 is 24.6 Å². The van der Waals surface area contributed by atoms with Gasteiger partial charge in [-0.2, -0.15) is 0 Å². The molecule has 0 aliphatic rings. The summed E-state index contributed by atoms with van der Waals surface area (Å²) in [6, 6.07) is 23.8. The summed E-state index contributed by atoms with van der Waals surface area (Å²) in [6.07, 6.45) is 1.01. The molecule has 198 valence electrons. The molecular weight excluding hydrogens is 502 g/mol. The molecule has 39 heavy (non-hydrogen) atoms. The van der Waals surface area contributed by atoms with E-state index in [-0.39, 0.29) is 23.6 Å². The molecule has 4 rings (SSSR count). The van der Waals surface area contributed by atoms with Gasteiger partial charge in [0.05, 0.1) is 24.8 Å². The average Bonchev–Trinajstić information content (AvgIpc) is 2.94. The van der Waals surface area contributed by atoms with E-state index in [1.54, 1.807) is 60.7 Å². The number of carboxylic acids is 1. The summed E-state index contributed by atoms with van der Waals surface area (Å²) in [6.45, 7) is 0.301. The van der Waals surface area contributed by atoms with Crippen molar-refractivity contribution >= 4 is 29.3 Å². The number of benzene rings is 3. The van der Waals surface area contributed by atoms with Crippen LogP contribution in [0.1, 0.15) is 21.5 Å². The van der Waals surface area contributed by atoms with Gasteiger partial charge in [0.2, 0.25) is 11.8 Å². The molecule has 10 heteroatoms. The number of nitrogens with zero attached hydrogens (tertiary/aromatic N) is 1. The second kappa shape index (κ2) is 12.7. The standard InChI is InChI=1S/C29H25N3O7/c1-37-29(36)31-21-6-4-5-20(15-21)18-38-22-10-12-23(13-11-22)39-27-14-9-19(17-30-27)16-26(33)32-25-8-3-2-7-24(25)28(34)35/h2-15,17H,16,18H2,1H3,(H,31,36)(H,32,33)(H,34,35). The van der Waals surface area contributed by atoms with Crippen LogP contribution in [0.2, 0.25) is 0 Å². The summed E-state index contributed by atoms with van der Waals surface area (Å²) in [7, 11) is 1.30. The summed E-state index contributed by atoms with van der Waals surface area (Å²) in [5.74, 6) is 0.0519. The van der Waals surface area contributed by atoms with E-state index in [1.807, 2.05) is 12.1 Å². The molecule has 3 aromatic carbocycles. The molecule has 3 N–H and O–H groups in total. The van der Waals surface area contributed by atoms with Gasteiger partial charge in [0, 0.05) is 18.0 Å². The van der Waals surface area contributed by atoms with Crippen LogP contribution in [0.5, 0.6) is 17.4 Å². The summed E-state index contributed by atoms with van der Waals surface area (Å²) < 4.78 is 16.2. The molecule has 0 atom stereocenters. The Morgan fingerprint density at radius 2 is 1.62 bits per heavy atom. The zero-order valence-corrected chi connectivity index (χ0v) is 20.9. The lowest BCUT2D eigenvalue weighted by Gasteiger charge is -2.10. The number of hydrogen-bond acceptors (Lipinski definition) is 7. The number of aromatic nitrogens is 1. The van der Waals surface area contributed by atoms with Gasteiger partial charge in [-0.1, -0.05) is 30.3 Å². The highest BCUT2D eigenvalue weighted by molar-refractivity contribution is 6.01. The molecule has 1 heterocycles. The van der Waals surface area contributed by atoms with Crippen molar-refractivity contribution in [3.05, 3.63) is 108 Å². The summed E-state index contributed by atoms with van der Waals surface area (Å²) in [5, 5.41) is 14.5. The average molecular weight is 528 g/mol. The number of amides is 2. The van der Waals surface area contributed by atoms with Crippen molar-refractivity contribution in [1.82, 2.24) is 4.98 Å². The van der Waals surface area contributed by atoms with Gasteiger partial charge in [-0.05, 0) is 59.7 Å². The van der Waals surface area contributed by atoms with Crippen LogP contribution in [0.15, 0.2) is 91.1 Å². The van der Waals surface area contributed by atoms with Gasteiger partial charge in [0.25, 0.3) is 0 Å². The Morgan fingerprint density at radius 1 is 0.846 bits per heavy atom. The van der Waals surface area contributed by atoms with E-state index in [2.05, 4.69) is 20.4 Å². The van der Waals surface area contributed by atoms with Crippen LogP contribution < -0.4 is 20.1 Å². The van der Waals surface area contributed by atoms with Crippen molar-refractivity contribution in [1.29, 1.82) is 0 Å². The Labute approximate surface area is 224 Å². The fourth-order valence-corrected chi connectivity index (χ4v) is 3.53. The van der Waals surface area contributed by atoms with Crippen LogP contribution in [0.4, 0.5) is 16.2 Å². The van der Waals surface area contributed by atoms with E-state index < -0.39 is 12.1 Å². The van der Waals surface area contributed by atoms with Crippen LogP contribution in [-0.4, -0.2) is 35.2 Å². The molecule has 2 amide bonds. The van der Waals surface area contributed by atoms with Crippen molar-refractivity contribution < 1.29 is 33.7 Å². The molecule has 4 aromatic rings. The van der Waals surface area contributed by atoms with Crippen LogP contribution in [-0.2, 0) is 22.6 Å². The molecule has 10 nitrogen and oxygen atoms in total. The Morgan fingerprint density at radius 3 is 2.33 bits per heavy atom. The molecule has 0 radical (unpaired) electrons. The topological polar surface area (TPSA) is 136 Å². The minimum Gasteiger partial charge on any atom is -0.489 e. The normalized spacial score (nSPS) is 10.3. The van der Waals surface area contributed by atoms with E-state index in [0.717, 1.165) is 5.56 Å². The van der Waals surface area contributed by atoms with Crippen molar-refractivity contribution in [2.75, 3.05) is 17.7 Å². The molecule has 0 saturated heterocycles. The van der Waals surface area contributed by atoms with Gasteiger partial charge in [0.1, 0.15) is 18.1 Å². The third-order valence-corrected chi connectivity index (χ3v) is 5.40. The maximum atomic E-state index is 12.4. The predicted molar refractivity (Wildman–Crippen MR) is 143 cm³/mol. The SMILES string of the molecule is COC(=O)Nc1cccc(COc2ccc(Oc3ccc(CC(=O)Nc4ccccc4C(=O)O)cn3)cc2)c1. The lowest BCUT2D eigenvalue weighted by atomic mass is 10.1. The van der Waals surface area contributed by atoms with Crippen LogP contribution in [0.25, 0.3) is 0 Å². The fourth-order valence-electron chi connectivity index (χ4n) is 3.53. The lowest BCUT2D eigenvalue weighted by Crippen LogP contribution is -2.16. The maximum Gasteiger partial charge on any atom is 0.411 e. The first-order valence-corrected chi connectivity index (χ1v) is 11.8. The third kappa shape index (κ3) is 7.80. The summed E-state index contributed by atoms with van der Waals surface area (Å²) in [4.78, 5) is 39.3. The third-order valence-electron chi connectivity index (χ3n) is 5.40. The number of pyridine rings is 1. The molecule has 0 aliphatic carbocycles. The highest BCUT2D eigenvalue weighted by Crippen LogP contribution is 2.24. The molecule has 0 unspecified atom stereocenters. The Balaban J connectivity index is 1.27. The number of carbonyl (C=O) groups is 3. The molecule has 1 aromatic heterocycles. The maximum absolute atomic E-state index is 12.4. The molecular formula is C29H25N3O7. The first-order chi connectivity index (χ1) is 18.9. The van der Waals surface area contributed by atoms with E-state index in [9.17, 15) is 19.5 Å². The zero-order chi connectivity index (χ0) is 27.6. The first kappa shape index (κ1) is 26.7. The largest absolute Gasteiger partial charge is 0.489 e.